The summed E-state index contributed by atoms with van der Waals surface area (Å²) < 4.78 is 14.4. The van der Waals surface area contributed by atoms with Crippen molar-refractivity contribution in [3.8, 4) is 0 Å². The molecule has 134 valence electrons. The fraction of sp³-hybridized carbons (Fsp3) is 0.211. The van der Waals surface area contributed by atoms with Crippen molar-refractivity contribution in [2.24, 2.45) is 5.73 Å². The van der Waals surface area contributed by atoms with E-state index in [2.05, 4.69) is 4.98 Å². The van der Waals surface area contributed by atoms with Crippen LogP contribution in [0.15, 0.2) is 53.3 Å². The number of aromatic nitrogens is 2. The number of carbonyl (C=O) groups excluding carboxylic acids is 1. The Labute approximate surface area is 149 Å². The van der Waals surface area contributed by atoms with Gasteiger partial charge in [0.05, 0.1) is 18.0 Å². The zero-order valence-electron chi connectivity index (χ0n) is 14.4. The van der Waals surface area contributed by atoms with Gasteiger partial charge in [-0.3, -0.25) is 14.2 Å². The maximum absolute atomic E-state index is 13.0. The van der Waals surface area contributed by atoms with Crippen molar-refractivity contribution in [2.45, 2.75) is 19.6 Å². The van der Waals surface area contributed by atoms with Crippen molar-refractivity contribution in [1.82, 2.24) is 9.55 Å². The summed E-state index contributed by atoms with van der Waals surface area (Å²) in [6.45, 7) is 0.833. The summed E-state index contributed by atoms with van der Waals surface area (Å²) in [5.74, 6) is -0.383. The summed E-state index contributed by atoms with van der Waals surface area (Å²) in [6, 6.07) is 13.3. The van der Waals surface area contributed by atoms with E-state index in [0.29, 0.717) is 29.8 Å². The van der Waals surface area contributed by atoms with Crippen LogP contribution in [-0.4, -0.2) is 22.5 Å². The number of nitrogens with zero attached hydrogens (tertiary/aromatic N) is 2. The Morgan fingerprint density at radius 2 is 1.85 bits per heavy atom. The molecule has 0 radical (unpaired) electrons. The standard InChI is InChI=1S/C19H19FN4O2/c1-23(10-13-6-8-14(20)9-7-13)12-18-22-16-5-3-2-4-15(16)19(26)24(18)11-17(21)25/h2-9H,10-12H2,1H3,(H2,21,25)/p+1. The maximum atomic E-state index is 13.0. The first-order chi connectivity index (χ1) is 12.4. The molecule has 3 N–H and O–H groups in total. The van der Waals surface area contributed by atoms with Crippen LogP contribution in [-0.2, 0) is 24.4 Å². The van der Waals surface area contributed by atoms with Crippen LogP contribution in [0.2, 0.25) is 0 Å². The van der Waals surface area contributed by atoms with Gasteiger partial charge in [-0.2, -0.15) is 0 Å². The van der Waals surface area contributed by atoms with Gasteiger partial charge in [-0.25, -0.2) is 9.37 Å². The van der Waals surface area contributed by atoms with E-state index in [0.717, 1.165) is 10.5 Å². The average molecular weight is 355 g/mol. The lowest BCUT2D eigenvalue weighted by Gasteiger charge is -2.17. The fourth-order valence-electron chi connectivity index (χ4n) is 2.95. The maximum Gasteiger partial charge on any atom is 0.262 e. The molecule has 0 aliphatic carbocycles. The number of nitrogens with two attached hydrogens (primary N) is 1. The molecule has 1 unspecified atom stereocenters. The minimum atomic E-state index is -0.596. The molecule has 1 amide bonds. The largest absolute Gasteiger partial charge is 0.368 e. The summed E-state index contributed by atoms with van der Waals surface area (Å²) in [5, 5.41) is 0.452. The molecule has 2 aromatic carbocycles. The molecule has 0 spiro atoms. The molecule has 7 heteroatoms. The van der Waals surface area contributed by atoms with E-state index >= 15 is 0 Å². The zero-order chi connectivity index (χ0) is 18.7. The first-order valence-corrected chi connectivity index (χ1v) is 8.26. The van der Waals surface area contributed by atoms with E-state index in [1.165, 1.54) is 16.7 Å². The van der Waals surface area contributed by atoms with Crippen LogP contribution in [0.1, 0.15) is 11.4 Å². The van der Waals surface area contributed by atoms with E-state index in [1.807, 2.05) is 13.1 Å². The third-order valence-electron chi connectivity index (χ3n) is 4.13. The van der Waals surface area contributed by atoms with Gasteiger partial charge < -0.3 is 10.6 Å². The number of quaternary nitrogens is 1. The van der Waals surface area contributed by atoms with Gasteiger partial charge in [0.25, 0.3) is 5.56 Å². The number of amides is 1. The monoisotopic (exact) mass is 355 g/mol. The minimum absolute atomic E-state index is 0.212. The van der Waals surface area contributed by atoms with Crippen LogP contribution in [0.3, 0.4) is 0 Å². The quantitative estimate of drug-likeness (QED) is 0.664. The van der Waals surface area contributed by atoms with Gasteiger partial charge in [0.2, 0.25) is 5.91 Å². The van der Waals surface area contributed by atoms with Crippen molar-refractivity contribution in [1.29, 1.82) is 0 Å². The van der Waals surface area contributed by atoms with Crippen molar-refractivity contribution in [3.63, 3.8) is 0 Å². The van der Waals surface area contributed by atoms with Crippen molar-refractivity contribution < 1.29 is 14.1 Å². The lowest BCUT2D eigenvalue weighted by molar-refractivity contribution is -0.908. The highest BCUT2D eigenvalue weighted by Gasteiger charge is 2.16. The second-order valence-corrected chi connectivity index (χ2v) is 6.34. The molecule has 1 heterocycles. The molecular formula is C19H20FN4O2+. The molecule has 3 rings (SSSR count). The molecular weight excluding hydrogens is 335 g/mol. The highest BCUT2D eigenvalue weighted by Crippen LogP contribution is 2.08. The first kappa shape index (κ1) is 17.8. The van der Waals surface area contributed by atoms with Crippen molar-refractivity contribution in [2.75, 3.05) is 7.05 Å². The van der Waals surface area contributed by atoms with Crippen LogP contribution < -0.4 is 16.2 Å². The number of carbonyl (C=O) groups is 1. The van der Waals surface area contributed by atoms with E-state index < -0.39 is 5.91 Å². The zero-order valence-corrected chi connectivity index (χ0v) is 14.4. The molecule has 0 saturated carbocycles. The lowest BCUT2D eigenvalue weighted by Crippen LogP contribution is -3.06. The second-order valence-electron chi connectivity index (χ2n) is 6.34. The van der Waals surface area contributed by atoms with Gasteiger partial charge >= 0.3 is 0 Å². The van der Waals surface area contributed by atoms with Crippen LogP contribution in [0.25, 0.3) is 10.9 Å². The van der Waals surface area contributed by atoms with Crippen LogP contribution in [0.5, 0.6) is 0 Å². The molecule has 0 bridgehead atoms. The highest BCUT2D eigenvalue weighted by molar-refractivity contribution is 5.78. The third kappa shape index (κ3) is 3.94. The molecule has 0 aliphatic rings. The number of fused-ring (bicyclic) bond motifs is 1. The Bertz CT molecular complexity index is 999. The van der Waals surface area contributed by atoms with Crippen molar-refractivity contribution >= 4 is 16.8 Å². The molecule has 0 aliphatic heterocycles. The Hall–Kier alpha value is -3.06. The normalized spacial score (nSPS) is 12.2. The summed E-state index contributed by atoms with van der Waals surface area (Å²) in [5.41, 5.74) is 6.58. The molecule has 6 nitrogen and oxygen atoms in total. The minimum Gasteiger partial charge on any atom is -0.368 e. The number of halogens is 1. The number of nitrogens with one attached hydrogen (secondary N) is 1. The van der Waals surface area contributed by atoms with E-state index in [1.54, 1.807) is 30.3 Å². The number of primary amides is 1. The topological polar surface area (TPSA) is 82.4 Å². The SMILES string of the molecule is C[NH+](Cc1ccc(F)cc1)Cc1nc2ccccc2c(=O)n1CC(N)=O. The highest BCUT2D eigenvalue weighted by atomic mass is 19.1. The molecule has 26 heavy (non-hydrogen) atoms. The van der Waals surface area contributed by atoms with E-state index in [9.17, 15) is 14.0 Å². The predicted octanol–water partition coefficient (Wildman–Crippen LogP) is 0.236. The van der Waals surface area contributed by atoms with Gasteiger partial charge in [0, 0.05) is 5.56 Å². The van der Waals surface area contributed by atoms with Crippen molar-refractivity contribution in [3.05, 3.63) is 76.1 Å². The van der Waals surface area contributed by atoms with Gasteiger partial charge in [-0.15, -0.1) is 0 Å². The molecule has 0 saturated heterocycles. The van der Waals surface area contributed by atoms with Crippen LogP contribution >= 0.6 is 0 Å². The molecule has 0 fully saturated rings. The van der Waals surface area contributed by atoms with Gasteiger partial charge in [0.1, 0.15) is 25.5 Å². The second kappa shape index (κ2) is 7.45. The number of benzene rings is 2. The summed E-state index contributed by atoms with van der Waals surface area (Å²) in [7, 11) is 1.94. The predicted molar refractivity (Wildman–Crippen MR) is 95.9 cm³/mol. The average Bonchev–Trinajstić information content (AvgIpc) is 2.60. The number of hydrogen-bond acceptors (Lipinski definition) is 3. The Morgan fingerprint density at radius 3 is 2.54 bits per heavy atom. The van der Waals surface area contributed by atoms with Crippen LogP contribution in [0.4, 0.5) is 4.39 Å². The first-order valence-electron chi connectivity index (χ1n) is 8.26. The number of para-hydroxylation sites is 1. The fourth-order valence-corrected chi connectivity index (χ4v) is 2.95. The lowest BCUT2D eigenvalue weighted by atomic mass is 10.2. The Morgan fingerprint density at radius 1 is 1.15 bits per heavy atom. The van der Waals surface area contributed by atoms with Gasteiger partial charge in [0.15, 0.2) is 5.82 Å². The van der Waals surface area contributed by atoms with E-state index in [-0.39, 0.29) is 17.9 Å². The van der Waals surface area contributed by atoms with Crippen LogP contribution in [0, 0.1) is 5.82 Å². The Balaban J connectivity index is 1.93. The third-order valence-corrected chi connectivity index (χ3v) is 4.13. The smallest absolute Gasteiger partial charge is 0.262 e. The Kier molecular flexibility index (Phi) is 5.09. The van der Waals surface area contributed by atoms with Gasteiger partial charge in [-0.05, 0) is 24.3 Å². The molecule has 1 atom stereocenters. The molecule has 3 aromatic rings. The summed E-state index contributed by atoms with van der Waals surface area (Å²) >= 11 is 0. The summed E-state index contributed by atoms with van der Waals surface area (Å²) in [4.78, 5) is 29.7. The summed E-state index contributed by atoms with van der Waals surface area (Å²) in [6.07, 6.45) is 0. The number of rotatable bonds is 6. The number of hydrogen-bond donors (Lipinski definition) is 2. The van der Waals surface area contributed by atoms with E-state index in [4.69, 9.17) is 5.73 Å². The van der Waals surface area contributed by atoms with Gasteiger partial charge in [-0.1, -0.05) is 24.3 Å². The molecule has 1 aromatic heterocycles.